The molecule has 0 saturated heterocycles. The van der Waals surface area contributed by atoms with Crippen molar-refractivity contribution in [1.82, 2.24) is 15.0 Å². The van der Waals surface area contributed by atoms with Gasteiger partial charge in [0, 0.05) is 22.3 Å². The second-order valence-corrected chi connectivity index (χ2v) is 16.3. The van der Waals surface area contributed by atoms with Crippen LogP contribution >= 0.6 is 0 Å². The molecule has 12 rings (SSSR count). The molecular formula is C60H39N3. The van der Waals surface area contributed by atoms with Crippen LogP contribution in [-0.2, 0) is 5.41 Å². The summed E-state index contributed by atoms with van der Waals surface area (Å²) in [6, 6.07) is 84.9. The highest BCUT2D eigenvalue weighted by Crippen LogP contribution is 2.57. The Labute approximate surface area is 366 Å². The van der Waals surface area contributed by atoms with Crippen LogP contribution in [0, 0.1) is 0 Å². The molecule has 0 spiro atoms. The lowest BCUT2D eigenvalue weighted by Crippen LogP contribution is -2.28. The molecule has 0 radical (unpaired) electrons. The summed E-state index contributed by atoms with van der Waals surface area (Å²) in [5, 5.41) is 4.85. The smallest absolute Gasteiger partial charge is 0.164 e. The van der Waals surface area contributed by atoms with E-state index in [1.807, 2.05) is 36.4 Å². The van der Waals surface area contributed by atoms with Crippen LogP contribution in [0.1, 0.15) is 22.3 Å². The normalized spacial score (nSPS) is 14.1. The molecule has 0 N–H and O–H groups in total. The van der Waals surface area contributed by atoms with Gasteiger partial charge in [-0.15, -0.1) is 0 Å². The van der Waals surface area contributed by atoms with E-state index in [1.165, 1.54) is 44.2 Å². The van der Waals surface area contributed by atoms with Crippen molar-refractivity contribution in [3.8, 4) is 67.5 Å². The number of benzene rings is 10. The Morgan fingerprint density at radius 3 is 1.35 bits per heavy atom. The molecule has 10 aromatic carbocycles. The summed E-state index contributed by atoms with van der Waals surface area (Å²) in [5.74, 6) is 1.92. The molecular weight excluding hydrogens is 763 g/mol. The molecule has 63 heavy (non-hydrogen) atoms. The number of aromatic nitrogens is 3. The monoisotopic (exact) mass is 801 g/mol. The number of hydrogen-bond donors (Lipinski definition) is 0. The van der Waals surface area contributed by atoms with E-state index in [0.717, 1.165) is 49.7 Å². The first-order chi connectivity index (χ1) is 31.2. The van der Waals surface area contributed by atoms with E-state index < -0.39 is 5.41 Å². The predicted molar refractivity (Wildman–Crippen MR) is 259 cm³/mol. The first-order valence-electron chi connectivity index (χ1n) is 21.5. The van der Waals surface area contributed by atoms with Crippen molar-refractivity contribution in [2.45, 2.75) is 5.41 Å². The lowest BCUT2D eigenvalue weighted by Gasteiger charge is -2.34. The molecule has 1 unspecified atom stereocenters. The Hall–Kier alpha value is -8.27. The Morgan fingerprint density at radius 1 is 0.254 bits per heavy atom. The minimum Gasteiger partial charge on any atom is -0.208 e. The van der Waals surface area contributed by atoms with E-state index in [-0.39, 0.29) is 0 Å². The van der Waals surface area contributed by atoms with Crippen LogP contribution in [0.15, 0.2) is 237 Å². The molecule has 1 heterocycles. The highest BCUT2D eigenvalue weighted by atomic mass is 15.0. The average molecular weight is 802 g/mol. The fourth-order valence-electron chi connectivity index (χ4n) is 9.96. The Balaban J connectivity index is 0.974. The minimum absolute atomic E-state index is 0.472. The largest absolute Gasteiger partial charge is 0.208 e. The third-order valence-electron chi connectivity index (χ3n) is 12.8. The molecule has 3 heteroatoms. The van der Waals surface area contributed by atoms with Crippen LogP contribution in [0.5, 0.6) is 0 Å². The SMILES string of the molecule is c1ccc(-c2nc(-c3ccccc3)nc(-c3ccc4ccccc4c3-c3ccc(-c4ccc(C5(c6ccccc6)c6ccccc6-c6c5ccc5ccccc65)cc4)cc3)n2)cc1. The summed E-state index contributed by atoms with van der Waals surface area (Å²) in [6.07, 6.45) is 0. The van der Waals surface area contributed by atoms with Gasteiger partial charge in [-0.05, 0) is 77.7 Å². The van der Waals surface area contributed by atoms with E-state index in [0.29, 0.717) is 17.5 Å². The van der Waals surface area contributed by atoms with E-state index >= 15 is 0 Å². The lowest BCUT2D eigenvalue weighted by atomic mass is 9.67. The van der Waals surface area contributed by atoms with Gasteiger partial charge in [0.25, 0.3) is 0 Å². The van der Waals surface area contributed by atoms with Gasteiger partial charge in [-0.2, -0.15) is 0 Å². The van der Waals surface area contributed by atoms with Crippen molar-refractivity contribution in [2.24, 2.45) is 0 Å². The Bertz CT molecular complexity index is 3420. The standard InChI is InChI=1S/C60H39N3/c1-4-18-45(19-5-1)57-61-58(46-20-6-2-7-21-46)63-59(62-57)52-38-34-42-16-10-12-24-49(42)55(52)44-30-28-40(29-31-44)41-32-36-48(37-33-41)60(47-22-8-3-9-23-47)53-27-15-14-26-51(53)56-50-25-13-11-17-43(50)35-39-54(56)60/h1-39H. The summed E-state index contributed by atoms with van der Waals surface area (Å²) in [4.78, 5) is 15.3. The van der Waals surface area contributed by atoms with E-state index in [9.17, 15) is 0 Å². The fraction of sp³-hybridized carbons (Fsp3) is 0.0167. The Kier molecular flexibility index (Phi) is 8.72. The highest BCUT2D eigenvalue weighted by Gasteiger charge is 2.46. The van der Waals surface area contributed by atoms with Crippen LogP contribution in [0.4, 0.5) is 0 Å². The third-order valence-corrected chi connectivity index (χ3v) is 12.8. The van der Waals surface area contributed by atoms with Crippen LogP contribution < -0.4 is 0 Å². The molecule has 0 amide bonds. The van der Waals surface area contributed by atoms with Gasteiger partial charge in [0.05, 0.1) is 5.41 Å². The summed E-state index contributed by atoms with van der Waals surface area (Å²) >= 11 is 0. The van der Waals surface area contributed by atoms with E-state index in [1.54, 1.807) is 0 Å². The van der Waals surface area contributed by atoms with Crippen molar-refractivity contribution in [1.29, 1.82) is 0 Å². The van der Waals surface area contributed by atoms with Gasteiger partial charge >= 0.3 is 0 Å². The molecule has 1 aliphatic carbocycles. The van der Waals surface area contributed by atoms with Crippen LogP contribution in [0.3, 0.4) is 0 Å². The number of nitrogens with zero attached hydrogens (tertiary/aromatic N) is 3. The lowest BCUT2D eigenvalue weighted by molar-refractivity contribution is 0.769. The molecule has 1 aliphatic rings. The molecule has 1 atom stereocenters. The van der Waals surface area contributed by atoms with Gasteiger partial charge in [0.1, 0.15) is 0 Å². The maximum atomic E-state index is 5.15. The Morgan fingerprint density at radius 2 is 0.714 bits per heavy atom. The van der Waals surface area contributed by atoms with Crippen molar-refractivity contribution in [2.75, 3.05) is 0 Å². The van der Waals surface area contributed by atoms with E-state index in [2.05, 4.69) is 200 Å². The molecule has 1 aromatic heterocycles. The van der Waals surface area contributed by atoms with Crippen molar-refractivity contribution in [3.05, 3.63) is 259 Å². The second-order valence-electron chi connectivity index (χ2n) is 16.3. The van der Waals surface area contributed by atoms with Gasteiger partial charge in [-0.1, -0.05) is 231 Å². The molecule has 0 bridgehead atoms. The second kappa shape index (κ2) is 15.0. The predicted octanol–water partition coefficient (Wildman–Crippen LogP) is 14.9. The fourth-order valence-corrected chi connectivity index (χ4v) is 9.96. The third kappa shape index (κ3) is 6.01. The summed E-state index contributed by atoms with van der Waals surface area (Å²) in [6.45, 7) is 0. The molecule has 11 aromatic rings. The van der Waals surface area contributed by atoms with Crippen molar-refractivity contribution >= 4 is 21.5 Å². The van der Waals surface area contributed by atoms with Gasteiger partial charge in [0.2, 0.25) is 0 Å². The van der Waals surface area contributed by atoms with Gasteiger partial charge in [0.15, 0.2) is 17.5 Å². The maximum Gasteiger partial charge on any atom is 0.164 e. The minimum atomic E-state index is -0.472. The number of fused-ring (bicyclic) bond motifs is 6. The highest BCUT2D eigenvalue weighted by molar-refractivity contribution is 6.05. The van der Waals surface area contributed by atoms with Crippen molar-refractivity contribution < 1.29 is 0 Å². The molecule has 3 nitrogen and oxygen atoms in total. The summed E-state index contributed by atoms with van der Waals surface area (Å²) < 4.78 is 0. The zero-order valence-electron chi connectivity index (χ0n) is 34.4. The number of hydrogen-bond acceptors (Lipinski definition) is 3. The van der Waals surface area contributed by atoms with E-state index in [4.69, 9.17) is 15.0 Å². The van der Waals surface area contributed by atoms with Gasteiger partial charge < -0.3 is 0 Å². The summed E-state index contributed by atoms with van der Waals surface area (Å²) in [7, 11) is 0. The molecule has 0 aliphatic heterocycles. The van der Waals surface area contributed by atoms with Gasteiger partial charge in [-0.3, -0.25) is 0 Å². The first-order valence-corrected chi connectivity index (χ1v) is 21.5. The van der Waals surface area contributed by atoms with Crippen molar-refractivity contribution in [3.63, 3.8) is 0 Å². The van der Waals surface area contributed by atoms with Crippen LogP contribution in [0.25, 0.3) is 89.1 Å². The first kappa shape index (κ1) is 36.6. The average Bonchev–Trinajstić information content (AvgIpc) is 3.68. The van der Waals surface area contributed by atoms with Crippen LogP contribution in [-0.4, -0.2) is 15.0 Å². The van der Waals surface area contributed by atoms with Gasteiger partial charge in [-0.25, -0.2) is 15.0 Å². The molecule has 0 saturated carbocycles. The van der Waals surface area contributed by atoms with Crippen LogP contribution in [0.2, 0.25) is 0 Å². The molecule has 294 valence electrons. The molecule has 0 fully saturated rings. The summed E-state index contributed by atoms with van der Waals surface area (Å²) in [5.41, 5.74) is 14.6. The number of rotatable bonds is 7. The zero-order valence-corrected chi connectivity index (χ0v) is 34.4. The maximum absolute atomic E-state index is 5.15. The quantitative estimate of drug-likeness (QED) is 0.161. The topological polar surface area (TPSA) is 38.7 Å². The zero-order chi connectivity index (χ0) is 41.7.